The molecule has 1 aromatic carbocycles. The van der Waals surface area contributed by atoms with Crippen LogP contribution in [0.2, 0.25) is 0 Å². The lowest BCUT2D eigenvalue weighted by Gasteiger charge is -2.26. The highest BCUT2D eigenvalue weighted by Crippen LogP contribution is 2.30. The summed E-state index contributed by atoms with van der Waals surface area (Å²) >= 11 is 1.30. The maximum Gasteiger partial charge on any atom is 0.230 e. The van der Waals surface area contributed by atoms with Crippen LogP contribution < -0.4 is 14.8 Å². The van der Waals surface area contributed by atoms with Crippen molar-refractivity contribution in [2.75, 3.05) is 30.4 Å². The maximum atomic E-state index is 12.2. The van der Waals surface area contributed by atoms with Gasteiger partial charge in [0, 0.05) is 13.5 Å². The van der Waals surface area contributed by atoms with E-state index in [1.54, 1.807) is 0 Å². The molecule has 2 aromatic rings. The first kappa shape index (κ1) is 21.0. The first-order chi connectivity index (χ1) is 14.4. The molecule has 2 atom stereocenters. The van der Waals surface area contributed by atoms with Crippen molar-refractivity contribution in [1.29, 1.82) is 0 Å². The molecule has 0 aliphatic carbocycles. The minimum atomic E-state index is -2.91. The average molecular weight is 453 g/mol. The number of thioether (sulfide) groups is 1. The SMILES string of the molecule is Cn1c(CC2CCS(=O)(=O)C2)nnc1SCC(=O)NCC1COc2ccccc2O1. The molecule has 0 radical (unpaired) electrons. The summed E-state index contributed by atoms with van der Waals surface area (Å²) in [5.74, 6) is 2.75. The van der Waals surface area contributed by atoms with E-state index in [0.717, 1.165) is 5.82 Å². The molecule has 3 heterocycles. The molecule has 1 amide bonds. The Morgan fingerprint density at radius 1 is 1.30 bits per heavy atom. The van der Waals surface area contributed by atoms with Crippen LogP contribution in [0.5, 0.6) is 11.5 Å². The number of carbonyl (C=O) groups is 1. The Bertz CT molecular complexity index is 1020. The molecular formula is C19H24N4O5S2. The number of rotatable bonds is 7. The van der Waals surface area contributed by atoms with Gasteiger partial charge in [-0.15, -0.1) is 10.2 Å². The van der Waals surface area contributed by atoms with Crippen LogP contribution in [0.15, 0.2) is 29.4 Å². The fourth-order valence-corrected chi connectivity index (χ4v) is 6.13. The predicted molar refractivity (Wildman–Crippen MR) is 112 cm³/mol. The van der Waals surface area contributed by atoms with Gasteiger partial charge in [-0.1, -0.05) is 23.9 Å². The number of hydrogen-bond acceptors (Lipinski definition) is 8. The molecule has 1 N–H and O–H groups in total. The summed E-state index contributed by atoms with van der Waals surface area (Å²) in [5.41, 5.74) is 0. The van der Waals surface area contributed by atoms with Gasteiger partial charge in [0.2, 0.25) is 5.91 Å². The van der Waals surface area contributed by atoms with Gasteiger partial charge in [-0.05, 0) is 24.5 Å². The molecule has 9 nitrogen and oxygen atoms in total. The second kappa shape index (κ2) is 8.84. The van der Waals surface area contributed by atoms with Crippen LogP contribution in [0, 0.1) is 5.92 Å². The van der Waals surface area contributed by atoms with Crippen molar-refractivity contribution < 1.29 is 22.7 Å². The first-order valence-corrected chi connectivity index (χ1v) is 12.6. The summed E-state index contributed by atoms with van der Waals surface area (Å²) in [6.07, 6.45) is 1.01. The molecule has 2 aliphatic rings. The molecule has 4 rings (SSSR count). The third kappa shape index (κ3) is 5.07. The summed E-state index contributed by atoms with van der Waals surface area (Å²) in [7, 11) is -1.07. The Kier molecular flexibility index (Phi) is 6.19. The van der Waals surface area contributed by atoms with Gasteiger partial charge < -0.3 is 19.4 Å². The van der Waals surface area contributed by atoms with Crippen LogP contribution in [0.1, 0.15) is 12.2 Å². The summed E-state index contributed by atoms with van der Waals surface area (Å²) in [5, 5.41) is 11.8. The quantitative estimate of drug-likeness (QED) is 0.615. The monoisotopic (exact) mass is 452 g/mol. The zero-order valence-corrected chi connectivity index (χ0v) is 18.2. The Labute approximate surface area is 179 Å². The van der Waals surface area contributed by atoms with E-state index in [4.69, 9.17) is 9.47 Å². The van der Waals surface area contributed by atoms with Crippen molar-refractivity contribution in [3.63, 3.8) is 0 Å². The molecule has 0 spiro atoms. The molecule has 1 aromatic heterocycles. The number of nitrogens with one attached hydrogen (secondary N) is 1. The van der Waals surface area contributed by atoms with Gasteiger partial charge >= 0.3 is 0 Å². The number of sulfone groups is 1. The second-order valence-electron chi connectivity index (χ2n) is 7.52. The van der Waals surface area contributed by atoms with E-state index in [1.807, 2.05) is 35.9 Å². The third-order valence-corrected chi connectivity index (χ3v) is 8.01. The number of fused-ring (bicyclic) bond motifs is 1. The van der Waals surface area contributed by atoms with E-state index < -0.39 is 9.84 Å². The fourth-order valence-electron chi connectivity index (χ4n) is 3.51. The molecule has 162 valence electrons. The summed E-state index contributed by atoms with van der Waals surface area (Å²) in [4.78, 5) is 12.2. The zero-order valence-electron chi connectivity index (χ0n) is 16.6. The number of benzene rings is 1. The highest BCUT2D eigenvalue weighted by Gasteiger charge is 2.29. The summed E-state index contributed by atoms with van der Waals surface area (Å²) < 4.78 is 36.6. The number of aromatic nitrogens is 3. The maximum absolute atomic E-state index is 12.2. The Morgan fingerprint density at radius 3 is 2.87 bits per heavy atom. The van der Waals surface area contributed by atoms with Crippen molar-refractivity contribution in [3.05, 3.63) is 30.1 Å². The largest absolute Gasteiger partial charge is 0.486 e. The lowest BCUT2D eigenvalue weighted by atomic mass is 10.1. The molecule has 0 bridgehead atoms. The summed E-state index contributed by atoms with van der Waals surface area (Å²) in [6.45, 7) is 0.738. The first-order valence-electron chi connectivity index (χ1n) is 9.76. The van der Waals surface area contributed by atoms with E-state index in [-0.39, 0.29) is 35.2 Å². The average Bonchev–Trinajstić information content (AvgIpc) is 3.26. The van der Waals surface area contributed by atoms with Gasteiger partial charge in [-0.2, -0.15) is 0 Å². The standard InChI is InChI=1S/C19H24N4O5S2/c1-23-17(8-13-6-7-30(25,26)12-13)21-22-19(23)29-11-18(24)20-9-14-10-27-15-4-2-3-5-16(15)28-14/h2-5,13-14H,6-12H2,1H3,(H,20,24). The molecular weight excluding hydrogens is 428 g/mol. The normalized spacial score (nSPS) is 22.0. The topological polar surface area (TPSA) is 112 Å². The minimum absolute atomic E-state index is 0.0851. The van der Waals surface area contributed by atoms with E-state index in [2.05, 4.69) is 15.5 Å². The van der Waals surface area contributed by atoms with Crippen LogP contribution in [0.25, 0.3) is 0 Å². The number of amides is 1. The van der Waals surface area contributed by atoms with Gasteiger partial charge in [0.15, 0.2) is 26.5 Å². The van der Waals surface area contributed by atoms with Gasteiger partial charge in [0.1, 0.15) is 18.5 Å². The van der Waals surface area contributed by atoms with Crippen molar-refractivity contribution in [3.8, 4) is 11.5 Å². The Balaban J connectivity index is 1.22. The van der Waals surface area contributed by atoms with Crippen LogP contribution in [-0.2, 0) is 28.1 Å². The number of nitrogens with zero attached hydrogens (tertiary/aromatic N) is 3. The van der Waals surface area contributed by atoms with Crippen molar-refractivity contribution in [2.24, 2.45) is 13.0 Å². The zero-order chi connectivity index (χ0) is 21.1. The molecule has 2 aliphatic heterocycles. The molecule has 30 heavy (non-hydrogen) atoms. The van der Waals surface area contributed by atoms with Crippen LogP contribution in [-0.4, -0.2) is 65.6 Å². The van der Waals surface area contributed by atoms with Crippen molar-refractivity contribution in [1.82, 2.24) is 20.1 Å². The van der Waals surface area contributed by atoms with E-state index >= 15 is 0 Å². The van der Waals surface area contributed by atoms with Gasteiger partial charge in [0.05, 0.1) is 23.8 Å². The van der Waals surface area contributed by atoms with Crippen molar-refractivity contribution in [2.45, 2.75) is 24.1 Å². The fraction of sp³-hybridized carbons (Fsp3) is 0.526. The number of ether oxygens (including phenoxy) is 2. The second-order valence-corrected chi connectivity index (χ2v) is 10.7. The van der Waals surface area contributed by atoms with Crippen LogP contribution in [0.4, 0.5) is 0 Å². The number of carbonyl (C=O) groups excluding carboxylic acids is 1. The molecule has 1 saturated heterocycles. The van der Waals surface area contributed by atoms with E-state index in [9.17, 15) is 13.2 Å². The van der Waals surface area contributed by atoms with Gasteiger partial charge in [-0.25, -0.2) is 8.42 Å². The molecule has 0 saturated carbocycles. The lowest BCUT2D eigenvalue weighted by molar-refractivity contribution is -0.119. The third-order valence-electron chi connectivity index (χ3n) is 5.15. The molecule has 2 unspecified atom stereocenters. The smallest absolute Gasteiger partial charge is 0.230 e. The number of hydrogen-bond donors (Lipinski definition) is 1. The predicted octanol–water partition coefficient (Wildman–Crippen LogP) is 0.841. The highest BCUT2D eigenvalue weighted by atomic mass is 32.2. The molecule has 1 fully saturated rings. The van der Waals surface area contributed by atoms with Crippen LogP contribution in [0.3, 0.4) is 0 Å². The Morgan fingerprint density at radius 2 is 2.10 bits per heavy atom. The van der Waals surface area contributed by atoms with Gasteiger partial charge in [0.25, 0.3) is 0 Å². The van der Waals surface area contributed by atoms with E-state index in [1.165, 1.54) is 11.8 Å². The summed E-state index contributed by atoms with van der Waals surface area (Å²) in [6, 6.07) is 7.45. The molecule has 11 heteroatoms. The minimum Gasteiger partial charge on any atom is -0.486 e. The highest BCUT2D eigenvalue weighted by molar-refractivity contribution is 7.99. The lowest BCUT2D eigenvalue weighted by Crippen LogP contribution is -2.41. The number of para-hydroxylation sites is 2. The van der Waals surface area contributed by atoms with Crippen molar-refractivity contribution >= 4 is 27.5 Å². The Hall–Kier alpha value is -2.27. The van der Waals surface area contributed by atoms with E-state index in [0.29, 0.717) is 42.6 Å². The van der Waals surface area contributed by atoms with Crippen LogP contribution >= 0.6 is 11.8 Å². The van der Waals surface area contributed by atoms with Gasteiger partial charge in [-0.3, -0.25) is 4.79 Å².